The standard InChI is InChI=1S/C24H23B4O8Si.C18H12O6/c29-25-36-20-7-15-24(16-8-20)37(21-9-1-17(2-10-21)26(30)31,22-11-3-18(4-12-22)27(32)33)23-13-5-19(6-14-23)28(34)35;19-13-1-7-8(2-14(13)20)10-4-17(23)18(24)6-12(10)11-5-16(22)15(21)3-9(7)11/h1-16,29-35H;1-6,19-24H. The molecule has 0 heterocycles. The van der Waals surface area contributed by atoms with E-state index < -0.39 is 29.4 Å². The Kier molecular flexibility index (Phi) is 11.9. The Labute approximate surface area is 349 Å². The molecule has 13 N–H and O–H groups in total. The Bertz CT molecular complexity index is 2470. The van der Waals surface area contributed by atoms with E-state index >= 15 is 0 Å². The first-order chi connectivity index (χ1) is 29.1. The summed E-state index contributed by atoms with van der Waals surface area (Å²) in [6, 6.07) is 36.0. The summed E-state index contributed by atoms with van der Waals surface area (Å²) in [5, 5.41) is 132. The molecule has 0 saturated heterocycles. The van der Waals surface area contributed by atoms with E-state index in [9.17, 15) is 60.8 Å². The Balaban J connectivity index is 0.000000201. The lowest BCUT2D eigenvalue weighted by Gasteiger charge is -2.35. The quantitative estimate of drug-likeness (QED) is 0.0338. The van der Waals surface area contributed by atoms with Crippen molar-refractivity contribution in [2.24, 2.45) is 0 Å². The van der Waals surface area contributed by atoms with Gasteiger partial charge in [0, 0.05) is 0 Å². The van der Waals surface area contributed by atoms with Crippen LogP contribution in [-0.4, -0.2) is 103 Å². The van der Waals surface area contributed by atoms with E-state index in [4.69, 9.17) is 9.68 Å². The lowest BCUT2D eigenvalue weighted by Crippen LogP contribution is -2.75. The molecule has 8 rings (SSSR count). The molecule has 8 aromatic carbocycles. The summed E-state index contributed by atoms with van der Waals surface area (Å²) in [7, 11) is -7.44. The van der Waals surface area contributed by atoms with Gasteiger partial charge in [-0.1, -0.05) is 84.9 Å². The maximum absolute atomic E-state index is 9.82. The highest BCUT2D eigenvalue weighted by molar-refractivity contribution is 7.20. The fourth-order valence-electron chi connectivity index (χ4n) is 7.63. The van der Waals surface area contributed by atoms with Crippen LogP contribution in [0.5, 0.6) is 40.2 Å². The van der Waals surface area contributed by atoms with E-state index in [1.165, 1.54) is 36.4 Å². The van der Waals surface area contributed by atoms with Gasteiger partial charge in [0.15, 0.2) is 42.6 Å². The fourth-order valence-corrected chi connectivity index (χ4v) is 12.3. The predicted octanol–water partition coefficient (Wildman–Crippen LogP) is -1.61. The van der Waals surface area contributed by atoms with E-state index in [1.54, 1.807) is 48.5 Å². The molecule has 61 heavy (non-hydrogen) atoms. The Morgan fingerprint density at radius 1 is 0.344 bits per heavy atom. The van der Waals surface area contributed by atoms with Gasteiger partial charge in [0.2, 0.25) is 0 Å². The van der Waals surface area contributed by atoms with E-state index in [1.807, 2.05) is 48.5 Å². The van der Waals surface area contributed by atoms with Crippen molar-refractivity contribution >= 4 is 107 Å². The van der Waals surface area contributed by atoms with Gasteiger partial charge in [0.25, 0.3) is 0 Å². The fraction of sp³-hybridized carbons (Fsp3) is 0. The second kappa shape index (κ2) is 17.1. The predicted molar refractivity (Wildman–Crippen MR) is 237 cm³/mol. The number of hydrogen-bond acceptors (Lipinski definition) is 14. The minimum Gasteiger partial charge on any atom is -0.537 e. The molecule has 14 nitrogen and oxygen atoms in total. The number of phenolic OH excluding ortho intramolecular Hbond substituents is 6. The molecular weight excluding hydrogens is 800 g/mol. The van der Waals surface area contributed by atoms with Crippen molar-refractivity contribution < 1.29 is 70.5 Å². The summed E-state index contributed by atoms with van der Waals surface area (Å²) in [5.41, 5.74) is 0.976. The average Bonchev–Trinajstić information content (AvgIpc) is 3.25. The topological polar surface area (TPSA) is 272 Å². The molecule has 1 radical (unpaired) electrons. The van der Waals surface area contributed by atoms with Gasteiger partial charge in [-0.05, 0) is 118 Å². The van der Waals surface area contributed by atoms with E-state index in [0.717, 1.165) is 20.7 Å². The summed E-state index contributed by atoms with van der Waals surface area (Å²) in [4.78, 5) is 0. The molecule has 0 spiro atoms. The summed E-state index contributed by atoms with van der Waals surface area (Å²) in [5.74, 6) is -1.59. The van der Waals surface area contributed by atoms with Crippen LogP contribution in [0.15, 0.2) is 133 Å². The van der Waals surface area contributed by atoms with E-state index in [2.05, 4.69) is 0 Å². The Morgan fingerprint density at radius 3 is 0.754 bits per heavy atom. The van der Waals surface area contributed by atoms with Crippen LogP contribution in [0.3, 0.4) is 0 Å². The molecule has 8 aromatic rings. The zero-order valence-corrected chi connectivity index (χ0v) is 32.7. The number of rotatable bonds is 9. The van der Waals surface area contributed by atoms with Gasteiger partial charge in [0.1, 0.15) is 0 Å². The molecule has 0 saturated carbocycles. The second-order valence-corrected chi connectivity index (χ2v) is 18.0. The van der Waals surface area contributed by atoms with E-state index in [-0.39, 0.29) is 34.5 Å². The third-order valence-electron chi connectivity index (χ3n) is 10.6. The minimum absolute atomic E-state index is 0.325. The molecule has 0 fully saturated rings. The molecule has 0 bridgehead atoms. The average molecular weight is 835 g/mol. The molecule has 19 heteroatoms. The lowest BCUT2D eigenvalue weighted by atomic mass is 9.80. The summed E-state index contributed by atoms with van der Waals surface area (Å²) in [6.45, 7) is 0. The highest BCUT2D eigenvalue weighted by Crippen LogP contribution is 2.45. The van der Waals surface area contributed by atoms with Crippen LogP contribution in [0.25, 0.3) is 32.3 Å². The third kappa shape index (κ3) is 8.03. The van der Waals surface area contributed by atoms with Gasteiger partial charge < -0.3 is 70.5 Å². The molecule has 0 aliphatic heterocycles. The number of benzene rings is 8. The summed E-state index contributed by atoms with van der Waals surface area (Å²) >= 11 is 0. The smallest absolute Gasteiger partial charge is 0.537 e. The number of aromatic hydroxyl groups is 6. The molecular formula is C42H35B4O14Si. The first-order valence-electron chi connectivity index (χ1n) is 18.5. The van der Waals surface area contributed by atoms with Gasteiger partial charge in [0.05, 0.1) is 5.75 Å². The van der Waals surface area contributed by atoms with Gasteiger partial charge in [-0.25, -0.2) is 0 Å². The summed E-state index contributed by atoms with van der Waals surface area (Å²) < 4.78 is 5.10. The van der Waals surface area contributed by atoms with Gasteiger partial charge in [-0.3, -0.25) is 0 Å². The third-order valence-corrected chi connectivity index (χ3v) is 15.4. The van der Waals surface area contributed by atoms with Crippen LogP contribution < -0.4 is 41.8 Å². The SMILES string of the molecule is O[B]Oc1ccc([Si](c2ccc(B(O)O)cc2)(c2ccc(B(O)O)cc2)c2ccc(B(O)O)cc2)cc1.Oc1cc2c3cc(O)c(O)cc3c3cc(O)c(O)cc3c2cc1O. The first-order valence-corrected chi connectivity index (χ1v) is 20.5. The van der Waals surface area contributed by atoms with Gasteiger partial charge in [-0.2, -0.15) is 0 Å². The zero-order chi connectivity index (χ0) is 43.7. The molecule has 0 amide bonds. The monoisotopic (exact) mass is 835 g/mol. The lowest BCUT2D eigenvalue weighted by molar-refractivity contribution is 0.404. The molecule has 0 atom stereocenters. The summed E-state index contributed by atoms with van der Waals surface area (Å²) in [6.07, 6.45) is 0. The normalized spacial score (nSPS) is 11.3. The minimum atomic E-state index is -3.14. The van der Waals surface area contributed by atoms with Crippen LogP contribution in [0.1, 0.15) is 0 Å². The largest absolute Gasteiger partial charge is 0.569 e. The molecule has 0 aliphatic rings. The molecule has 0 unspecified atom stereocenters. The first kappa shape index (κ1) is 42.5. The van der Waals surface area contributed by atoms with Crippen LogP contribution >= 0.6 is 0 Å². The van der Waals surface area contributed by atoms with Gasteiger partial charge in [-0.15, -0.1) is 0 Å². The van der Waals surface area contributed by atoms with Crippen LogP contribution in [0, 0.1) is 0 Å². The van der Waals surface area contributed by atoms with E-state index in [0.29, 0.717) is 62.1 Å². The van der Waals surface area contributed by atoms with Crippen LogP contribution in [0.4, 0.5) is 0 Å². The highest BCUT2D eigenvalue weighted by Gasteiger charge is 2.42. The maximum Gasteiger partial charge on any atom is 0.569 e. The van der Waals surface area contributed by atoms with Crippen molar-refractivity contribution in [2.75, 3.05) is 0 Å². The number of hydrogen-bond donors (Lipinski definition) is 13. The number of phenols is 6. The molecule has 0 aromatic heterocycles. The van der Waals surface area contributed by atoms with Crippen molar-refractivity contribution in [3.8, 4) is 40.2 Å². The van der Waals surface area contributed by atoms with Crippen molar-refractivity contribution in [2.45, 2.75) is 0 Å². The van der Waals surface area contributed by atoms with Crippen molar-refractivity contribution in [1.29, 1.82) is 0 Å². The Morgan fingerprint density at radius 2 is 0.557 bits per heavy atom. The van der Waals surface area contributed by atoms with Crippen molar-refractivity contribution in [1.82, 2.24) is 0 Å². The Hall–Kier alpha value is -6.66. The van der Waals surface area contributed by atoms with Crippen LogP contribution in [-0.2, 0) is 0 Å². The molecule has 303 valence electrons. The van der Waals surface area contributed by atoms with Crippen LogP contribution in [0.2, 0.25) is 0 Å². The second-order valence-electron chi connectivity index (χ2n) is 14.1. The van der Waals surface area contributed by atoms with Crippen molar-refractivity contribution in [3.05, 3.63) is 133 Å². The zero-order valence-electron chi connectivity index (χ0n) is 31.7. The molecule has 0 aliphatic carbocycles. The number of fused-ring (bicyclic) bond motifs is 6. The van der Waals surface area contributed by atoms with Crippen molar-refractivity contribution in [3.63, 3.8) is 0 Å². The highest BCUT2D eigenvalue weighted by atomic mass is 28.3. The maximum atomic E-state index is 9.82. The van der Waals surface area contributed by atoms with Gasteiger partial charge >= 0.3 is 29.0 Å².